The fourth-order valence-electron chi connectivity index (χ4n) is 2.76. The topological polar surface area (TPSA) is 85.5 Å². The van der Waals surface area contributed by atoms with Gasteiger partial charge < -0.3 is 14.2 Å². The summed E-state index contributed by atoms with van der Waals surface area (Å²) < 4.78 is 10.4. The quantitative estimate of drug-likeness (QED) is 0.770. The molecule has 0 aromatic carbocycles. The van der Waals surface area contributed by atoms with Crippen LogP contribution in [-0.2, 0) is 20.7 Å². The first-order chi connectivity index (χ1) is 11.5. The summed E-state index contributed by atoms with van der Waals surface area (Å²) in [6, 6.07) is 3.30. The van der Waals surface area contributed by atoms with E-state index in [1.165, 1.54) is 11.3 Å². The van der Waals surface area contributed by atoms with E-state index >= 15 is 0 Å². The molecule has 0 aliphatic carbocycles. The Balaban J connectivity index is 1.61. The smallest absolute Gasteiger partial charge is 0.329 e. The Kier molecular flexibility index (Phi) is 4.94. The van der Waals surface area contributed by atoms with Crippen LogP contribution in [0.3, 0.4) is 0 Å². The molecule has 0 radical (unpaired) electrons. The second-order valence-corrected chi connectivity index (χ2v) is 6.79. The third kappa shape index (κ3) is 3.64. The summed E-state index contributed by atoms with van der Waals surface area (Å²) in [6.07, 6.45) is 1.10. The van der Waals surface area contributed by atoms with Crippen LogP contribution in [0, 0.1) is 6.92 Å². The SMILES string of the molecule is Cc1noc(C(C)OC(=O)C2CCCN2C(=O)Cc2cccs2)n1. The number of hydrogen-bond acceptors (Lipinski definition) is 7. The van der Waals surface area contributed by atoms with E-state index in [2.05, 4.69) is 10.1 Å². The Labute approximate surface area is 143 Å². The van der Waals surface area contributed by atoms with Crippen molar-refractivity contribution in [2.45, 2.75) is 45.3 Å². The summed E-state index contributed by atoms with van der Waals surface area (Å²) in [7, 11) is 0. The van der Waals surface area contributed by atoms with Crippen molar-refractivity contribution in [1.82, 2.24) is 15.0 Å². The first-order valence-electron chi connectivity index (χ1n) is 7.87. The molecular weight excluding hydrogens is 330 g/mol. The number of aryl methyl sites for hydroxylation is 1. The molecule has 2 aromatic heterocycles. The van der Waals surface area contributed by atoms with Gasteiger partial charge in [-0.25, -0.2) is 4.79 Å². The highest BCUT2D eigenvalue weighted by atomic mass is 32.1. The van der Waals surface area contributed by atoms with Crippen LogP contribution in [0.15, 0.2) is 22.0 Å². The largest absolute Gasteiger partial charge is 0.451 e. The Morgan fingerprint density at radius 2 is 2.38 bits per heavy atom. The molecule has 1 saturated heterocycles. The summed E-state index contributed by atoms with van der Waals surface area (Å²) in [5.74, 6) is 0.283. The molecule has 0 bridgehead atoms. The van der Waals surface area contributed by atoms with Crippen LogP contribution >= 0.6 is 11.3 Å². The average Bonchev–Trinajstić information content (AvgIpc) is 3.27. The molecule has 0 spiro atoms. The van der Waals surface area contributed by atoms with Gasteiger partial charge in [-0.15, -0.1) is 11.3 Å². The van der Waals surface area contributed by atoms with E-state index in [0.29, 0.717) is 25.2 Å². The highest BCUT2D eigenvalue weighted by Gasteiger charge is 2.36. The number of aromatic nitrogens is 2. The van der Waals surface area contributed by atoms with Gasteiger partial charge in [0, 0.05) is 11.4 Å². The van der Waals surface area contributed by atoms with E-state index in [1.807, 2.05) is 17.5 Å². The number of ether oxygens (including phenoxy) is 1. The molecule has 2 aromatic rings. The Morgan fingerprint density at radius 1 is 1.54 bits per heavy atom. The Morgan fingerprint density at radius 3 is 3.04 bits per heavy atom. The molecule has 2 unspecified atom stereocenters. The van der Waals surface area contributed by atoms with E-state index in [0.717, 1.165) is 11.3 Å². The molecule has 7 nitrogen and oxygen atoms in total. The van der Waals surface area contributed by atoms with Gasteiger partial charge in [0.25, 0.3) is 5.89 Å². The standard InChI is InChI=1S/C16H19N3O4S/c1-10(15-17-11(2)18-23-15)22-16(21)13-6-3-7-19(13)14(20)9-12-5-4-8-24-12/h4-5,8,10,13H,3,6-7,9H2,1-2H3. The number of rotatable bonds is 5. The van der Waals surface area contributed by atoms with Gasteiger partial charge in [0.05, 0.1) is 6.42 Å². The molecular formula is C16H19N3O4S. The lowest BCUT2D eigenvalue weighted by Crippen LogP contribution is -2.42. The summed E-state index contributed by atoms with van der Waals surface area (Å²) in [5, 5.41) is 5.62. The minimum absolute atomic E-state index is 0.0433. The molecule has 128 valence electrons. The van der Waals surface area contributed by atoms with Crippen molar-refractivity contribution in [2.24, 2.45) is 0 Å². The van der Waals surface area contributed by atoms with Crippen LogP contribution in [0.5, 0.6) is 0 Å². The normalized spacial score (nSPS) is 18.6. The number of likely N-dealkylation sites (tertiary alicyclic amines) is 1. The summed E-state index contributed by atoms with van der Waals surface area (Å²) in [4.78, 5) is 31.6. The molecule has 2 atom stereocenters. The lowest BCUT2D eigenvalue weighted by Gasteiger charge is -2.24. The van der Waals surface area contributed by atoms with Crippen LogP contribution < -0.4 is 0 Å². The second kappa shape index (κ2) is 7.12. The minimum atomic E-state index is -0.631. The molecule has 0 N–H and O–H groups in total. The van der Waals surface area contributed by atoms with Gasteiger partial charge >= 0.3 is 5.97 Å². The van der Waals surface area contributed by atoms with Crippen molar-refractivity contribution < 1.29 is 18.8 Å². The maximum atomic E-state index is 12.5. The zero-order valence-electron chi connectivity index (χ0n) is 13.6. The van der Waals surface area contributed by atoms with Crippen molar-refractivity contribution in [3.05, 3.63) is 34.1 Å². The van der Waals surface area contributed by atoms with Crippen molar-refractivity contribution >= 4 is 23.2 Å². The molecule has 1 fully saturated rings. The zero-order valence-corrected chi connectivity index (χ0v) is 14.4. The average molecular weight is 349 g/mol. The molecule has 1 aliphatic heterocycles. The lowest BCUT2D eigenvalue weighted by atomic mass is 10.2. The van der Waals surface area contributed by atoms with Crippen molar-refractivity contribution in [3.63, 3.8) is 0 Å². The van der Waals surface area contributed by atoms with Crippen LogP contribution in [0.2, 0.25) is 0 Å². The highest BCUT2D eigenvalue weighted by molar-refractivity contribution is 7.10. The fourth-order valence-corrected chi connectivity index (χ4v) is 3.45. The Bertz CT molecular complexity index is 713. The molecule has 24 heavy (non-hydrogen) atoms. The predicted octanol–water partition coefficient (Wildman–Crippen LogP) is 2.28. The number of esters is 1. The van der Waals surface area contributed by atoms with Crippen LogP contribution in [-0.4, -0.2) is 39.5 Å². The first kappa shape index (κ1) is 16.6. The molecule has 1 aliphatic rings. The van der Waals surface area contributed by atoms with Gasteiger partial charge in [-0.05, 0) is 38.1 Å². The van der Waals surface area contributed by atoms with Gasteiger partial charge in [0.1, 0.15) is 6.04 Å². The van der Waals surface area contributed by atoms with Crippen molar-refractivity contribution in [2.75, 3.05) is 6.54 Å². The first-order valence-corrected chi connectivity index (χ1v) is 8.75. The molecule has 8 heteroatoms. The number of amides is 1. The highest BCUT2D eigenvalue weighted by Crippen LogP contribution is 2.24. The summed E-state index contributed by atoms with van der Waals surface area (Å²) in [5.41, 5.74) is 0. The zero-order chi connectivity index (χ0) is 17.1. The van der Waals surface area contributed by atoms with E-state index in [1.54, 1.807) is 18.7 Å². The molecule has 3 heterocycles. The third-order valence-corrected chi connectivity index (χ3v) is 4.81. The van der Waals surface area contributed by atoms with Gasteiger partial charge in [-0.1, -0.05) is 11.2 Å². The number of nitrogens with zero attached hydrogens (tertiary/aromatic N) is 3. The second-order valence-electron chi connectivity index (χ2n) is 5.76. The van der Waals surface area contributed by atoms with Crippen molar-refractivity contribution in [3.8, 4) is 0 Å². The van der Waals surface area contributed by atoms with Crippen LogP contribution in [0.25, 0.3) is 0 Å². The maximum Gasteiger partial charge on any atom is 0.329 e. The van der Waals surface area contributed by atoms with Gasteiger partial charge in [-0.2, -0.15) is 4.98 Å². The van der Waals surface area contributed by atoms with E-state index in [-0.39, 0.29) is 11.8 Å². The van der Waals surface area contributed by atoms with Gasteiger partial charge in [-0.3, -0.25) is 4.79 Å². The molecule has 0 saturated carbocycles. The number of thiophene rings is 1. The van der Waals surface area contributed by atoms with Crippen molar-refractivity contribution in [1.29, 1.82) is 0 Å². The monoisotopic (exact) mass is 349 g/mol. The van der Waals surface area contributed by atoms with Gasteiger partial charge in [0.15, 0.2) is 11.9 Å². The summed E-state index contributed by atoms with van der Waals surface area (Å²) >= 11 is 1.54. The maximum absolute atomic E-state index is 12.5. The van der Waals surface area contributed by atoms with Crippen LogP contribution in [0.4, 0.5) is 0 Å². The van der Waals surface area contributed by atoms with E-state index in [4.69, 9.17) is 9.26 Å². The van der Waals surface area contributed by atoms with Gasteiger partial charge in [0.2, 0.25) is 5.91 Å². The lowest BCUT2D eigenvalue weighted by molar-refractivity contribution is -0.158. The number of carbonyl (C=O) groups is 2. The third-order valence-electron chi connectivity index (χ3n) is 3.93. The minimum Gasteiger partial charge on any atom is -0.451 e. The Hall–Kier alpha value is -2.22. The van der Waals surface area contributed by atoms with E-state index < -0.39 is 18.1 Å². The molecule has 1 amide bonds. The predicted molar refractivity (Wildman–Crippen MR) is 86.3 cm³/mol. The molecule has 3 rings (SSSR count). The summed E-state index contributed by atoms with van der Waals surface area (Å²) in [6.45, 7) is 3.96. The number of carbonyl (C=O) groups excluding carboxylic acids is 2. The van der Waals surface area contributed by atoms with Crippen LogP contribution in [0.1, 0.15) is 42.5 Å². The number of hydrogen-bond donors (Lipinski definition) is 0. The van der Waals surface area contributed by atoms with E-state index in [9.17, 15) is 9.59 Å². The fraction of sp³-hybridized carbons (Fsp3) is 0.500.